The number of nitrogens with two attached hydrogens (primary N) is 1. The summed E-state index contributed by atoms with van der Waals surface area (Å²) >= 11 is 0. The highest BCUT2D eigenvalue weighted by molar-refractivity contribution is 5.92. The van der Waals surface area contributed by atoms with Crippen LogP contribution in [0.3, 0.4) is 0 Å². The van der Waals surface area contributed by atoms with E-state index >= 15 is 0 Å². The van der Waals surface area contributed by atoms with Gasteiger partial charge in [0.1, 0.15) is 0 Å². The molecule has 17 heavy (non-hydrogen) atoms. The third-order valence-electron chi connectivity index (χ3n) is 1.75. The first kappa shape index (κ1) is 13.3. The number of halogens is 3. The molecule has 0 amide bonds. The Bertz CT molecular complexity index is 450. The molecule has 3 N–H and O–H groups in total. The lowest BCUT2D eigenvalue weighted by Crippen LogP contribution is -2.28. The minimum atomic E-state index is -1.54. The number of hydrogen-bond donors (Lipinski definition) is 2. The van der Waals surface area contributed by atoms with Crippen molar-refractivity contribution in [1.82, 2.24) is 0 Å². The maximum atomic E-state index is 13.3. The van der Waals surface area contributed by atoms with Gasteiger partial charge in [0.05, 0.1) is 11.2 Å². The molecule has 1 rings (SSSR count). The summed E-state index contributed by atoms with van der Waals surface area (Å²) in [4.78, 5) is 4.00. The summed E-state index contributed by atoms with van der Waals surface area (Å²) < 4.78 is 38.8. The molecule has 0 bridgehead atoms. The van der Waals surface area contributed by atoms with E-state index in [9.17, 15) is 13.2 Å². The van der Waals surface area contributed by atoms with Gasteiger partial charge in [0.25, 0.3) is 0 Å². The molecule has 0 atom stereocenters. The molecular formula is C11H14F3N3. The average molecular weight is 245 g/mol. The van der Waals surface area contributed by atoms with Gasteiger partial charge in [0.2, 0.25) is 0 Å². The highest BCUT2D eigenvalue weighted by Gasteiger charge is 2.14. The SMILES string of the molecule is CC(C)(C)N=C(N)Nc1ccc(F)c(F)c1F. The van der Waals surface area contributed by atoms with Crippen molar-refractivity contribution in [2.24, 2.45) is 10.7 Å². The van der Waals surface area contributed by atoms with Crippen molar-refractivity contribution in [2.45, 2.75) is 26.3 Å². The lowest BCUT2D eigenvalue weighted by molar-refractivity contribution is 0.449. The standard InChI is InChI=1S/C11H14F3N3/c1-11(2,3)17-10(15)16-7-5-4-6(12)8(13)9(7)14/h4-5H,1-3H3,(H3,15,16,17). The number of nitrogens with one attached hydrogen (secondary N) is 1. The van der Waals surface area contributed by atoms with Crippen molar-refractivity contribution >= 4 is 11.6 Å². The number of hydrogen-bond acceptors (Lipinski definition) is 1. The Morgan fingerprint density at radius 2 is 1.76 bits per heavy atom. The zero-order chi connectivity index (χ0) is 13.2. The fourth-order valence-corrected chi connectivity index (χ4v) is 1.15. The second kappa shape index (κ2) is 4.65. The maximum Gasteiger partial charge on any atom is 0.196 e. The second-order valence-electron chi connectivity index (χ2n) is 4.52. The van der Waals surface area contributed by atoms with Crippen LogP contribution in [-0.4, -0.2) is 11.5 Å². The van der Waals surface area contributed by atoms with E-state index in [0.29, 0.717) is 0 Å². The molecule has 0 aliphatic rings. The van der Waals surface area contributed by atoms with Crippen LogP contribution in [0, 0.1) is 17.5 Å². The molecule has 0 radical (unpaired) electrons. The Morgan fingerprint density at radius 1 is 1.18 bits per heavy atom. The molecule has 1 aromatic rings. The zero-order valence-corrected chi connectivity index (χ0v) is 9.81. The van der Waals surface area contributed by atoms with Crippen LogP contribution in [-0.2, 0) is 0 Å². The molecule has 0 spiro atoms. The van der Waals surface area contributed by atoms with Gasteiger partial charge in [0, 0.05) is 0 Å². The number of nitrogens with zero attached hydrogens (tertiary/aromatic N) is 1. The van der Waals surface area contributed by atoms with Gasteiger partial charge in [-0.05, 0) is 32.9 Å². The molecule has 0 fully saturated rings. The zero-order valence-electron chi connectivity index (χ0n) is 9.81. The lowest BCUT2D eigenvalue weighted by atomic mass is 10.1. The fraction of sp³-hybridized carbons (Fsp3) is 0.364. The summed E-state index contributed by atoms with van der Waals surface area (Å²) in [6.45, 7) is 5.38. The summed E-state index contributed by atoms with van der Waals surface area (Å²) in [5.41, 5.74) is 4.80. The van der Waals surface area contributed by atoms with E-state index in [2.05, 4.69) is 10.3 Å². The molecular weight excluding hydrogens is 231 g/mol. The molecule has 6 heteroatoms. The van der Waals surface area contributed by atoms with Gasteiger partial charge < -0.3 is 11.1 Å². The Labute approximate surface area is 97.5 Å². The van der Waals surface area contributed by atoms with Crippen molar-refractivity contribution in [3.63, 3.8) is 0 Å². The molecule has 0 aliphatic carbocycles. The van der Waals surface area contributed by atoms with E-state index in [-0.39, 0.29) is 11.6 Å². The molecule has 0 aliphatic heterocycles. The largest absolute Gasteiger partial charge is 0.370 e. The molecule has 3 nitrogen and oxygen atoms in total. The highest BCUT2D eigenvalue weighted by Crippen LogP contribution is 2.19. The van der Waals surface area contributed by atoms with Gasteiger partial charge in [-0.2, -0.15) is 0 Å². The van der Waals surface area contributed by atoms with Crippen molar-refractivity contribution < 1.29 is 13.2 Å². The van der Waals surface area contributed by atoms with Crippen LogP contribution in [0.4, 0.5) is 18.9 Å². The normalized spacial score (nSPS) is 12.7. The number of benzene rings is 1. The van der Waals surface area contributed by atoms with E-state index in [0.717, 1.165) is 12.1 Å². The van der Waals surface area contributed by atoms with Crippen LogP contribution in [0.1, 0.15) is 20.8 Å². The van der Waals surface area contributed by atoms with Crippen LogP contribution in [0.5, 0.6) is 0 Å². The third kappa shape index (κ3) is 3.65. The van der Waals surface area contributed by atoms with Crippen LogP contribution < -0.4 is 11.1 Å². The number of aliphatic imine (C=N–C) groups is 1. The van der Waals surface area contributed by atoms with Gasteiger partial charge in [-0.1, -0.05) is 0 Å². The first-order valence-electron chi connectivity index (χ1n) is 4.96. The summed E-state index contributed by atoms with van der Waals surface area (Å²) in [7, 11) is 0. The molecule has 0 heterocycles. The van der Waals surface area contributed by atoms with Gasteiger partial charge in [-0.25, -0.2) is 18.2 Å². The van der Waals surface area contributed by atoms with E-state index < -0.39 is 23.0 Å². The molecule has 0 unspecified atom stereocenters. The van der Waals surface area contributed by atoms with Gasteiger partial charge >= 0.3 is 0 Å². The van der Waals surface area contributed by atoms with Gasteiger partial charge in [-0.15, -0.1) is 0 Å². The van der Waals surface area contributed by atoms with Gasteiger partial charge in [-0.3, -0.25) is 0 Å². The quantitative estimate of drug-likeness (QED) is 0.454. The third-order valence-corrected chi connectivity index (χ3v) is 1.75. The number of guanidine groups is 1. The Balaban J connectivity index is 2.98. The van der Waals surface area contributed by atoms with Crippen molar-refractivity contribution in [3.05, 3.63) is 29.6 Å². The lowest BCUT2D eigenvalue weighted by Gasteiger charge is -2.14. The monoisotopic (exact) mass is 245 g/mol. The molecule has 0 saturated carbocycles. The molecule has 0 saturated heterocycles. The number of anilines is 1. The van der Waals surface area contributed by atoms with Crippen LogP contribution >= 0.6 is 0 Å². The first-order chi connectivity index (χ1) is 7.70. The Hall–Kier alpha value is -1.72. The minimum Gasteiger partial charge on any atom is -0.370 e. The van der Waals surface area contributed by atoms with Crippen LogP contribution in [0.25, 0.3) is 0 Å². The topological polar surface area (TPSA) is 50.4 Å². The second-order valence-corrected chi connectivity index (χ2v) is 4.52. The summed E-state index contributed by atoms with van der Waals surface area (Å²) in [5, 5.41) is 2.38. The smallest absolute Gasteiger partial charge is 0.196 e. The highest BCUT2D eigenvalue weighted by atomic mass is 19.2. The first-order valence-corrected chi connectivity index (χ1v) is 4.96. The Kier molecular flexibility index (Phi) is 3.65. The Morgan fingerprint density at radius 3 is 2.29 bits per heavy atom. The van der Waals surface area contributed by atoms with Crippen LogP contribution in [0.15, 0.2) is 17.1 Å². The summed E-state index contributed by atoms with van der Waals surface area (Å²) in [5.74, 6) is -4.18. The van der Waals surface area contributed by atoms with E-state index in [1.54, 1.807) is 20.8 Å². The van der Waals surface area contributed by atoms with E-state index in [1.165, 1.54) is 0 Å². The summed E-state index contributed by atoms with van der Waals surface area (Å²) in [6.07, 6.45) is 0. The van der Waals surface area contributed by atoms with Crippen molar-refractivity contribution in [2.75, 3.05) is 5.32 Å². The predicted octanol–water partition coefficient (Wildman–Crippen LogP) is 2.63. The predicted molar refractivity (Wildman–Crippen MR) is 61.3 cm³/mol. The molecule has 94 valence electrons. The number of rotatable bonds is 1. The van der Waals surface area contributed by atoms with E-state index in [1.807, 2.05) is 0 Å². The van der Waals surface area contributed by atoms with E-state index in [4.69, 9.17) is 5.73 Å². The van der Waals surface area contributed by atoms with Gasteiger partial charge in [0.15, 0.2) is 23.4 Å². The maximum absolute atomic E-state index is 13.3. The summed E-state index contributed by atoms with van der Waals surface area (Å²) in [6, 6.07) is 1.86. The minimum absolute atomic E-state index is 0.0672. The van der Waals surface area contributed by atoms with Crippen molar-refractivity contribution in [3.8, 4) is 0 Å². The van der Waals surface area contributed by atoms with Crippen molar-refractivity contribution in [1.29, 1.82) is 0 Å². The molecule has 1 aromatic carbocycles. The fourth-order valence-electron chi connectivity index (χ4n) is 1.15. The molecule has 0 aromatic heterocycles. The van der Waals surface area contributed by atoms with Crippen LogP contribution in [0.2, 0.25) is 0 Å². The average Bonchev–Trinajstić information content (AvgIpc) is 2.16.